The molecule has 0 aromatic heterocycles. The molecule has 0 aromatic carbocycles. The molecule has 0 atom stereocenters. The number of rotatable bonds is 8. The van der Waals surface area contributed by atoms with Gasteiger partial charge in [0.05, 0.1) is 0 Å². The Morgan fingerprint density at radius 2 is 1.53 bits per heavy atom. The van der Waals surface area contributed by atoms with Gasteiger partial charge in [-0.05, 0) is 18.3 Å². The van der Waals surface area contributed by atoms with E-state index in [4.69, 9.17) is 5.11 Å². The Hall–Kier alpha value is -1.41. The van der Waals surface area contributed by atoms with Crippen molar-refractivity contribution in [3.63, 3.8) is 0 Å². The molecule has 0 amide bonds. The lowest BCUT2D eigenvalue weighted by molar-refractivity contribution is -0.130. The van der Waals surface area contributed by atoms with E-state index in [1.54, 1.807) is 0 Å². The van der Waals surface area contributed by atoms with Crippen LogP contribution in [0.5, 0.6) is 0 Å². The van der Waals surface area contributed by atoms with Crippen LogP contribution in [0.4, 0.5) is 0 Å². The molecule has 0 aliphatic carbocycles. The predicted octanol–water partition coefficient (Wildman–Crippen LogP) is 3.61. The summed E-state index contributed by atoms with van der Waals surface area (Å²) in [7, 11) is 0. The van der Waals surface area contributed by atoms with E-state index in [0.717, 1.165) is 12.8 Å². The Balaban J connectivity index is 3.24. The molecule has 0 heterocycles. The zero-order valence-electron chi connectivity index (χ0n) is 10.7. The molecule has 0 fully saturated rings. The Bertz CT molecular complexity index is 309. The highest BCUT2D eigenvalue weighted by Gasteiger charge is 1.90. The molecule has 0 rings (SSSR count). The maximum atomic E-state index is 10.0. The lowest BCUT2D eigenvalue weighted by Gasteiger charge is -1.98. The second kappa shape index (κ2) is 12.7. The Morgan fingerprint density at radius 3 is 2.12 bits per heavy atom. The van der Waals surface area contributed by atoms with Crippen LogP contribution in [0, 0.1) is 23.7 Å². The molecule has 0 aromatic rings. The average Bonchev–Trinajstić information content (AvgIpc) is 2.30. The van der Waals surface area contributed by atoms with Gasteiger partial charge in [-0.2, -0.15) is 0 Å². The van der Waals surface area contributed by atoms with Crippen molar-refractivity contribution in [2.24, 2.45) is 0 Å². The molecular weight excluding hydrogens is 212 g/mol. The average molecular weight is 234 g/mol. The van der Waals surface area contributed by atoms with E-state index in [1.165, 1.54) is 44.9 Å². The van der Waals surface area contributed by atoms with E-state index in [9.17, 15) is 4.79 Å². The molecule has 94 valence electrons. The maximum Gasteiger partial charge on any atom is 0.382 e. The van der Waals surface area contributed by atoms with Crippen LogP contribution < -0.4 is 0 Å². The Morgan fingerprint density at radius 1 is 0.941 bits per heavy atom. The summed E-state index contributed by atoms with van der Waals surface area (Å²) in [4.78, 5) is 10.0. The number of unbranched alkanes of at least 4 members (excludes halogenated alkanes) is 8. The molecule has 0 radical (unpaired) electrons. The van der Waals surface area contributed by atoms with Crippen LogP contribution in [-0.2, 0) is 4.79 Å². The van der Waals surface area contributed by atoms with Crippen LogP contribution in [0.25, 0.3) is 0 Å². The zero-order chi connectivity index (χ0) is 12.8. The fourth-order valence-corrected chi connectivity index (χ4v) is 1.54. The van der Waals surface area contributed by atoms with Crippen molar-refractivity contribution in [1.29, 1.82) is 0 Å². The number of carboxylic acids is 1. The van der Waals surface area contributed by atoms with Crippen molar-refractivity contribution < 1.29 is 9.90 Å². The van der Waals surface area contributed by atoms with Gasteiger partial charge in [0.25, 0.3) is 0 Å². The third-order valence-electron chi connectivity index (χ3n) is 2.48. The summed E-state index contributed by atoms with van der Waals surface area (Å²) in [6.07, 6.45) is 11.1. The molecule has 17 heavy (non-hydrogen) atoms. The molecule has 0 aliphatic rings. The predicted molar refractivity (Wildman–Crippen MR) is 70.4 cm³/mol. The summed E-state index contributed by atoms with van der Waals surface area (Å²) in [6, 6.07) is 0. The van der Waals surface area contributed by atoms with Gasteiger partial charge in [0, 0.05) is 12.3 Å². The van der Waals surface area contributed by atoms with Crippen LogP contribution in [0.15, 0.2) is 0 Å². The number of hydrogen-bond donors (Lipinski definition) is 1. The summed E-state index contributed by atoms with van der Waals surface area (Å²) in [5.74, 6) is 8.56. The molecule has 0 bridgehead atoms. The van der Waals surface area contributed by atoms with E-state index < -0.39 is 5.97 Å². The third-order valence-corrected chi connectivity index (χ3v) is 2.48. The van der Waals surface area contributed by atoms with E-state index in [-0.39, 0.29) is 0 Å². The molecule has 0 unspecified atom stereocenters. The Kier molecular flexibility index (Phi) is 11.6. The number of carbonyl (C=O) groups is 1. The van der Waals surface area contributed by atoms with Crippen molar-refractivity contribution >= 4 is 5.97 Å². The largest absolute Gasteiger partial charge is 0.472 e. The molecule has 0 saturated heterocycles. The second-order valence-electron chi connectivity index (χ2n) is 4.08. The first kappa shape index (κ1) is 15.6. The lowest BCUT2D eigenvalue weighted by atomic mass is 10.1. The minimum absolute atomic E-state index is 0.823. The van der Waals surface area contributed by atoms with Crippen LogP contribution >= 0.6 is 0 Å². The van der Waals surface area contributed by atoms with E-state index in [0.29, 0.717) is 0 Å². The quantitative estimate of drug-likeness (QED) is 0.514. The number of carboxylic acid groups (broad SMARTS) is 1. The highest BCUT2D eigenvalue weighted by atomic mass is 16.4. The van der Waals surface area contributed by atoms with Gasteiger partial charge in [0.15, 0.2) is 0 Å². The van der Waals surface area contributed by atoms with Gasteiger partial charge in [0.1, 0.15) is 0 Å². The van der Waals surface area contributed by atoms with Gasteiger partial charge in [-0.3, -0.25) is 0 Å². The summed E-state index contributed by atoms with van der Waals surface area (Å²) < 4.78 is 0. The van der Waals surface area contributed by atoms with Crippen molar-refractivity contribution in [2.75, 3.05) is 0 Å². The van der Waals surface area contributed by atoms with E-state index in [2.05, 4.69) is 24.7 Å². The smallest absolute Gasteiger partial charge is 0.382 e. The summed E-state index contributed by atoms with van der Waals surface area (Å²) in [6.45, 7) is 2.23. The fraction of sp³-hybridized carbons (Fsp3) is 0.667. The van der Waals surface area contributed by atoms with E-state index in [1.807, 2.05) is 5.92 Å². The molecule has 0 spiro atoms. The van der Waals surface area contributed by atoms with Gasteiger partial charge in [-0.1, -0.05) is 57.8 Å². The SMILES string of the molecule is CCCCCCCCCCC#CC#CC(=O)O. The lowest BCUT2D eigenvalue weighted by Crippen LogP contribution is -1.85. The zero-order valence-corrected chi connectivity index (χ0v) is 10.7. The molecule has 0 aliphatic heterocycles. The molecule has 2 nitrogen and oxygen atoms in total. The minimum Gasteiger partial charge on any atom is -0.472 e. The van der Waals surface area contributed by atoms with Crippen molar-refractivity contribution in [2.45, 2.75) is 64.7 Å². The second-order valence-corrected chi connectivity index (χ2v) is 4.08. The van der Waals surface area contributed by atoms with Gasteiger partial charge < -0.3 is 5.11 Å². The van der Waals surface area contributed by atoms with Gasteiger partial charge >= 0.3 is 5.97 Å². The van der Waals surface area contributed by atoms with Crippen molar-refractivity contribution in [3.8, 4) is 23.7 Å². The summed E-state index contributed by atoms with van der Waals surface area (Å²) in [5, 5.41) is 8.23. The maximum absolute atomic E-state index is 10.0. The van der Waals surface area contributed by atoms with Crippen LogP contribution in [0.3, 0.4) is 0 Å². The standard InChI is InChI=1S/C15H22O2/c1-2-3-4-5-6-7-8-9-10-11-12-13-14-15(16)17/h2-10H2,1H3,(H,16,17). The molecule has 2 heteroatoms. The topological polar surface area (TPSA) is 37.3 Å². The van der Waals surface area contributed by atoms with Gasteiger partial charge in [-0.25, -0.2) is 4.79 Å². The highest BCUT2D eigenvalue weighted by molar-refractivity contribution is 5.87. The van der Waals surface area contributed by atoms with E-state index >= 15 is 0 Å². The molecule has 0 saturated carbocycles. The van der Waals surface area contributed by atoms with Crippen LogP contribution in [0.1, 0.15) is 64.7 Å². The molecule has 1 N–H and O–H groups in total. The first-order valence-electron chi connectivity index (χ1n) is 6.49. The van der Waals surface area contributed by atoms with Crippen molar-refractivity contribution in [3.05, 3.63) is 0 Å². The number of aliphatic carboxylic acids is 1. The van der Waals surface area contributed by atoms with Crippen molar-refractivity contribution in [1.82, 2.24) is 0 Å². The third kappa shape index (κ3) is 14.6. The first-order valence-corrected chi connectivity index (χ1v) is 6.49. The van der Waals surface area contributed by atoms with Gasteiger partial charge in [-0.15, -0.1) is 0 Å². The minimum atomic E-state index is -1.12. The summed E-state index contributed by atoms with van der Waals surface area (Å²) >= 11 is 0. The fourth-order valence-electron chi connectivity index (χ4n) is 1.54. The monoisotopic (exact) mass is 234 g/mol. The normalized spacial score (nSPS) is 8.76. The highest BCUT2D eigenvalue weighted by Crippen LogP contribution is 2.08. The summed E-state index contributed by atoms with van der Waals surface area (Å²) in [5.41, 5.74) is 0. The Labute approximate surface area is 105 Å². The number of hydrogen-bond acceptors (Lipinski definition) is 1. The molecular formula is C15H22O2. The first-order chi connectivity index (χ1) is 8.27. The van der Waals surface area contributed by atoms with Crippen LogP contribution in [-0.4, -0.2) is 11.1 Å². The van der Waals surface area contributed by atoms with Gasteiger partial charge in [0.2, 0.25) is 0 Å². The van der Waals surface area contributed by atoms with Crippen LogP contribution in [0.2, 0.25) is 0 Å².